The van der Waals surface area contributed by atoms with E-state index in [1.807, 2.05) is 44.2 Å². The van der Waals surface area contributed by atoms with Crippen molar-refractivity contribution in [1.29, 1.82) is 0 Å². The molecule has 1 saturated carbocycles. The quantitative estimate of drug-likeness (QED) is 0.637. The summed E-state index contributed by atoms with van der Waals surface area (Å²) in [5.41, 5.74) is 3.70. The predicted octanol–water partition coefficient (Wildman–Crippen LogP) is 6.32. The second-order valence-electron chi connectivity index (χ2n) is 8.24. The summed E-state index contributed by atoms with van der Waals surface area (Å²) in [4.78, 5) is 13.5. The minimum Gasteiger partial charge on any atom is -0.490 e. The van der Waals surface area contributed by atoms with Gasteiger partial charge in [0.25, 0.3) is 0 Å². The summed E-state index contributed by atoms with van der Waals surface area (Å²) in [6.45, 7) is 8.31. The first kappa shape index (κ1) is 20.4. The van der Waals surface area contributed by atoms with E-state index in [9.17, 15) is 4.79 Å². The van der Waals surface area contributed by atoms with Gasteiger partial charge in [-0.25, -0.2) is 0 Å². The normalized spacial score (nSPS) is 17.0. The van der Waals surface area contributed by atoms with Crippen LogP contribution in [0.25, 0.3) is 0 Å². The number of nitrogens with one attached hydrogen (secondary N) is 1. The van der Waals surface area contributed by atoms with Gasteiger partial charge in [0, 0.05) is 5.69 Å². The Kier molecular flexibility index (Phi) is 6.43. The fraction of sp³-hybridized carbons (Fsp3) is 0.480. The second-order valence-corrected chi connectivity index (χ2v) is 8.24. The Morgan fingerprint density at radius 1 is 1.07 bits per heavy atom. The molecular weight excluding hydrogens is 346 g/mol. The van der Waals surface area contributed by atoms with E-state index in [0.29, 0.717) is 0 Å². The molecule has 150 valence electrons. The highest BCUT2D eigenvalue weighted by molar-refractivity contribution is 5.99. The van der Waals surface area contributed by atoms with Gasteiger partial charge in [0.05, 0.1) is 11.5 Å². The lowest BCUT2D eigenvalue weighted by molar-refractivity contribution is -0.122. The molecule has 1 unspecified atom stereocenters. The third-order valence-corrected chi connectivity index (χ3v) is 6.08. The minimum absolute atomic E-state index is 0.118. The molecule has 1 fully saturated rings. The Bertz CT molecular complexity index is 784. The van der Waals surface area contributed by atoms with Crippen LogP contribution in [0.5, 0.6) is 5.75 Å². The molecule has 28 heavy (non-hydrogen) atoms. The third-order valence-electron chi connectivity index (χ3n) is 6.08. The van der Waals surface area contributed by atoms with Crippen molar-refractivity contribution in [2.75, 3.05) is 5.32 Å². The van der Waals surface area contributed by atoms with Gasteiger partial charge in [-0.3, -0.25) is 4.79 Å². The lowest BCUT2D eigenvalue weighted by Gasteiger charge is -2.36. The lowest BCUT2D eigenvalue weighted by atomic mass is 9.68. The molecule has 2 aromatic rings. The number of benzene rings is 2. The zero-order chi connectivity index (χ0) is 20.1. The number of hydrogen-bond acceptors (Lipinski definition) is 2. The average Bonchev–Trinajstić information content (AvgIpc) is 2.71. The number of aryl methyl sites for hydroxylation is 2. The molecule has 1 atom stereocenters. The minimum atomic E-state index is -0.423. The third kappa shape index (κ3) is 4.24. The molecule has 0 spiro atoms. The molecule has 0 saturated heterocycles. The van der Waals surface area contributed by atoms with Crippen molar-refractivity contribution in [3.63, 3.8) is 0 Å². The molecule has 0 aromatic heterocycles. The molecule has 1 aliphatic rings. The van der Waals surface area contributed by atoms with Crippen LogP contribution in [0.4, 0.5) is 5.69 Å². The molecule has 0 bridgehead atoms. The number of anilines is 1. The second kappa shape index (κ2) is 8.81. The first-order valence-electron chi connectivity index (χ1n) is 10.6. The van der Waals surface area contributed by atoms with Gasteiger partial charge in [0.1, 0.15) is 5.75 Å². The van der Waals surface area contributed by atoms with Crippen molar-refractivity contribution in [3.8, 4) is 5.75 Å². The van der Waals surface area contributed by atoms with Crippen LogP contribution in [0, 0.1) is 13.8 Å². The van der Waals surface area contributed by atoms with Crippen molar-refractivity contribution >= 4 is 11.6 Å². The van der Waals surface area contributed by atoms with E-state index in [-0.39, 0.29) is 12.0 Å². The average molecular weight is 380 g/mol. The van der Waals surface area contributed by atoms with Gasteiger partial charge < -0.3 is 10.1 Å². The molecule has 1 amide bonds. The van der Waals surface area contributed by atoms with Gasteiger partial charge in [0.15, 0.2) is 0 Å². The van der Waals surface area contributed by atoms with E-state index in [1.165, 1.54) is 6.42 Å². The maximum Gasteiger partial charge on any atom is 0.235 e. The summed E-state index contributed by atoms with van der Waals surface area (Å²) in [5, 5.41) is 3.23. The monoisotopic (exact) mass is 379 g/mol. The van der Waals surface area contributed by atoms with Crippen LogP contribution in [0.2, 0.25) is 0 Å². The standard InChI is InChI=1S/C25H33NO2/c1-5-20(4)28-23-18(2)16-22(17-19(23)3)26-24(27)25(14-10-7-11-15-25)21-12-8-6-9-13-21/h6,8-9,12-13,16-17,20H,5,7,10-11,14-15H2,1-4H3,(H,26,27). The van der Waals surface area contributed by atoms with Crippen molar-refractivity contribution in [3.05, 3.63) is 59.2 Å². The topological polar surface area (TPSA) is 38.3 Å². The van der Waals surface area contributed by atoms with Crippen LogP contribution in [0.15, 0.2) is 42.5 Å². The fourth-order valence-electron chi connectivity index (χ4n) is 4.30. The molecular formula is C25H33NO2. The Hall–Kier alpha value is -2.29. The fourth-order valence-corrected chi connectivity index (χ4v) is 4.30. The summed E-state index contributed by atoms with van der Waals surface area (Å²) in [7, 11) is 0. The highest BCUT2D eigenvalue weighted by Gasteiger charge is 2.41. The van der Waals surface area contributed by atoms with Gasteiger partial charge in [-0.1, -0.05) is 56.5 Å². The van der Waals surface area contributed by atoms with Gasteiger partial charge >= 0.3 is 0 Å². The van der Waals surface area contributed by atoms with Crippen LogP contribution in [-0.2, 0) is 10.2 Å². The first-order valence-corrected chi connectivity index (χ1v) is 10.6. The zero-order valence-corrected chi connectivity index (χ0v) is 17.7. The number of carbonyl (C=O) groups is 1. The Labute approximate surface area is 169 Å². The van der Waals surface area contributed by atoms with Crippen LogP contribution in [0.1, 0.15) is 69.1 Å². The molecule has 1 N–H and O–H groups in total. The summed E-state index contributed by atoms with van der Waals surface area (Å²) >= 11 is 0. The number of hydrogen-bond donors (Lipinski definition) is 1. The number of rotatable bonds is 6. The number of ether oxygens (including phenoxy) is 1. The maximum absolute atomic E-state index is 13.5. The molecule has 2 aromatic carbocycles. The smallest absolute Gasteiger partial charge is 0.235 e. The maximum atomic E-state index is 13.5. The van der Waals surface area contributed by atoms with E-state index >= 15 is 0 Å². The molecule has 0 heterocycles. The molecule has 0 aliphatic heterocycles. The molecule has 1 aliphatic carbocycles. The lowest BCUT2D eigenvalue weighted by Crippen LogP contribution is -2.42. The molecule has 0 radical (unpaired) electrons. The Morgan fingerprint density at radius 3 is 2.25 bits per heavy atom. The van der Waals surface area contributed by atoms with Crippen LogP contribution in [-0.4, -0.2) is 12.0 Å². The van der Waals surface area contributed by atoms with Gasteiger partial charge in [-0.15, -0.1) is 0 Å². The molecule has 3 nitrogen and oxygen atoms in total. The van der Waals surface area contributed by atoms with Crippen molar-refractivity contribution in [2.45, 2.75) is 77.7 Å². The zero-order valence-electron chi connectivity index (χ0n) is 17.7. The number of amides is 1. The van der Waals surface area contributed by atoms with E-state index in [0.717, 1.165) is 60.2 Å². The highest BCUT2D eigenvalue weighted by Crippen LogP contribution is 2.40. The molecule has 3 rings (SSSR count). The van der Waals surface area contributed by atoms with Crippen LogP contribution >= 0.6 is 0 Å². The van der Waals surface area contributed by atoms with E-state index in [2.05, 4.69) is 31.3 Å². The van der Waals surface area contributed by atoms with E-state index in [4.69, 9.17) is 4.74 Å². The van der Waals surface area contributed by atoms with Crippen molar-refractivity contribution in [2.24, 2.45) is 0 Å². The van der Waals surface area contributed by atoms with Gasteiger partial charge in [0.2, 0.25) is 5.91 Å². The highest BCUT2D eigenvalue weighted by atomic mass is 16.5. The number of carbonyl (C=O) groups excluding carboxylic acids is 1. The van der Waals surface area contributed by atoms with Crippen LogP contribution in [0.3, 0.4) is 0 Å². The SMILES string of the molecule is CCC(C)Oc1c(C)cc(NC(=O)C2(c3ccccc3)CCCCC2)cc1C. The predicted molar refractivity (Wildman–Crippen MR) is 116 cm³/mol. The summed E-state index contributed by atoms with van der Waals surface area (Å²) < 4.78 is 6.08. The Morgan fingerprint density at radius 2 is 1.68 bits per heavy atom. The van der Waals surface area contributed by atoms with E-state index < -0.39 is 5.41 Å². The van der Waals surface area contributed by atoms with Crippen LogP contribution < -0.4 is 10.1 Å². The summed E-state index contributed by atoms with van der Waals surface area (Å²) in [5.74, 6) is 1.05. The Balaban J connectivity index is 1.86. The van der Waals surface area contributed by atoms with Gasteiger partial charge in [-0.2, -0.15) is 0 Å². The first-order chi connectivity index (χ1) is 13.5. The van der Waals surface area contributed by atoms with E-state index in [1.54, 1.807) is 0 Å². The largest absolute Gasteiger partial charge is 0.490 e. The van der Waals surface area contributed by atoms with Crippen molar-refractivity contribution in [1.82, 2.24) is 0 Å². The summed E-state index contributed by atoms with van der Waals surface area (Å²) in [6, 6.07) is 14.4. The van der Waals surface area contributed by atoms with Crippen molar-refractivity contribution < 1.29 is 9.53 Å². The molecule has 3 heteroatoms. The summed E-state index contributed by atoms with van der Waals surface area (Å²) in [6.07, 6.45) is 6.39. The van der Waals surface area contributed by atoms with Gasteiger partial charge in [-0.05, 0) is 68.9 Å².